The topological polar surface area (TPSA) is 92.0 Å². The van der Waals surface area contributed by atoms with Gasteiger partial charge >= 0.3 is 0 Å². The summed E-state index contributed by atoms with van der Waals surface area (Å²) in [6.45, 7) is 11.7. The van der Waals surface area contributed by atoms with E-state index >= 15 is 0 Å². The minimum absolute atomic E-state index is 0.0107. The van der Waals surface area contributed by atoms with Crippen molar-refractivity contribution in [2.75, 3.05) is 65.9 Å². The Balaban J connectivity index is 3.28. The third-order valence-corrected chi connectivity index (χ3v) is 3.49. The number of carbonyl (C=O) groups is 1. The highest BCUT2D eigenvalue weighted by atomic mass is 16.6. The molecule has 0 saturated carbocycles. The molecule has 154 valence electrons. The molecule has 0 amide bonds. The van der Waals surface area contributed by atoms with Gasteiger partial charge in [-0.3, -0.25) is 4.79 Å². The predicted molar refractivity (Wildman–Crippen MR) is 103 cm³/mol. The van der Waals surface area contributed by atoms with Gasteiger partial charge in [-0.05, 0) is 25.8 Å². The summed E-state index contributed by atoms with van der Waals surface area (Å²) in [5, 5.41) is 3.05. The van der Waals surface area contributed by atoms with Gasteiger partial charge in [0.25, 0.3) is 0 Å². The van der Waals surface area contributed by atoms with E-state index < -0.39 is 0 Å². The molecule has 0 aliphatic carbocycles. The molecule has 0 spiro atoms. The average Bonchev–Trinajstić information content (AvgIpc) is 2.65. The highest BCUT2D eigenvalue weighted by molar-refractivity contribution is 5.94. The monoisotopic (exact) mass is 374 g/mol. The number of nitrogens with two attached hydrogens (primary N) is 1. The van der Waals surface area contributed by atoms with Crippen LogP contribution in [0, 0.1) is 0 Å². The van der Waals surface area contributed by atoms with Gasteiger partial charge in [-0.25, -0.2) is 0 Å². The van der Waals surface area contributed by atoms with E-state index in [1.165, 1.54) is 0 Å². The highest BCUT2D eigenvalue weighted by Gasteiger charge is 2.06. The molecule has 26 heavy (non-hydrogen) atoms. The van der Waals surface area contributed by atoms with Gasteiger partial charge < -0.3 is 30.0 Å². The molecule has 3 N–H and O–H groups in total. The van der Waals surface area contributed by atoms with Gasteiger partial charge in [0.2, 0.25) is 0 Å². The number of ether oxygens (including phenoxy) is 4. The van der Waals surface area contributed by atoms with Gasteiger partial charge in [-0.1, -0.05) is 19.9 Å². The molecule has 0 aromatic heterocycles. The molecule has 0 saturated heterocycles. The van der Waals surface area contributed by atoms with Crippen LogP contribution >= 0.6 is 0 Å². The summed E-state index contributed by atoms with van der Waals surface area (Å²) in [5.41, 5.74) is 5.89. The Labute approximate surface area is 158 Å². The van der Waals surface area contributed by atoms with E-state index in [-0.39, 0.29) is 5.78 Å². The number of rotatable bonds is 21. The zero-order valence-electron chi connectivity index (χ0n) is 16.4. The van der Waals surface area contributed by atoms with Crippen LogP contribution in [0.4, 0.5) is 0 Å². The molecule has 0 fully saturated rings. The van der Waals surface area contributed by atoms with Crippen molar-refractivity contribution in [3.05, 3.63) is 12.3 Å². The normalized spacial score (nSPS) is 10.8. The Kier molecular flexibility index (Phi) is 19.5. The fourth-order valence-corrected chi connectivity index (χ4v) is 2.01. The first-order chi connectivity index (χ1) is 12.7. The van der Waals surface area contributed by atoms with Crippen molar-refractivity contribution < 1.29 is 23.7 Å². The van der Waals surface area contributed by atoms with Crippen molar-refractivity contribution in [1.29, 1.82) is 0 Å². The smallest absolute Gasteiger partial charge is 0.180 e. The summed E-state index contributed by atoms with van der Waals surface area (Å²) >= 11 is 0. The van der Waals surface area contributed by atoms with Crippen LogP contribution < -0.4 is 11.1 Å². The Hall–Kier alpha value is -0.990. The fourth-order valence-electron chi connectivity index (χ4n) is 2.01. The van der Waals surface area contributed by atoms with Crippen LogP contribution in [0.15, 0.2) is 12.3 Å². The molecule has 7 nitrogen and oxygen atoms in total. The third kappa shape index (κ3) is 17.8. The van der Waals surface area contributed by atoms with Crippen LogP contribution in [0.5, 0.6) is 0 Å². The zero-order valence-corrected chi connectivity index (χ0v) is 16.4. The SMILES string of the molecule is C=C(NCCCCCN)C(=O)CCOCCOCCOCCOCCC. The quantitative estimate of drug-likeness (QED) is 0.233. The third-order valence-electron chi connectivity index (χ3n) is 3.49. The number of ketones is 1. The number of hydrogen-bond acceptors (Lipinski definition) is 7. The first-order valence-corrected chi connectivity index (χ1v) is 9.69. The van der Waals surface area contributed by atoms with Crippen LogP contribution in [0.1, 0.15) is 39.0 Å². The lowest BCUT2D eigenvalue weighted by atomic mass is 10.2. The van der Waals surface area contributed by atoms with Gasteiger partial charge in [-0.15, -0.1) is 0 Å². The molecule has 0 rings (SSSR count). The van der Waals surface area contributed by atoms with Gasteiger partial charge in [0.15, 0.2) is 5.78 Å². The zero-order chi connectivity index (χ0) is 19.3. The Morgan fingerprint density at radius 1 is 0.846 bits per heavy atom. The van der Waals surface area contributed by atoms with Gasteiger partial charge in [0.1, 0.15) is 0 Å². The predicted octanol–water partition coefficient (Wildman–Crippen LogP) is 1.65. The van der Waals surface area contributed by atoms with Crippen LogP contribution in [0.3, 0.4) is 0 Å². The molecule has 0 aliphatic rings. The summed E-state index contributed by atoms with van der Waals surface area (Å²) < 4.78 is 21.4. The van der Waals surface area contributed by atoms with Crippen LogP contribution in [-0.2, 0) is 23.7 Å². The molecule has 0 radical (unpaired) electrons. The molecule has 0 unspecified atom stereocenters. The number of Topliss-reactive ketones (excluding diaryl/α,β-unsaturated/α-hetero) is 1. The van der Waals surface area contributed by atoms with Gasteiger partial charge in [-0.2, -0.15) is 0 Å². The van der Waals surface area contributed by atoms with E-state index in [1.807, 2.05) is 0 Å². The van der Waals surface area contributed by atoms with Gasteiger partial charge in [0.05, 0.1) is 51.9 Å². The second-order valence-corrected chi connectivity index (χ2v) is 5.88. The number of carbonyl (C=O) groups excluding carboxylic acids is 1. The van der Waals surface area contributed by atoms with Gasteiger partial charge in [0, 0.05) is 19.6 Å². The Morgan fingerprint density at radius 2 is 1.38 bits per heavy atom. The maximum absolute atomic E-state index is 11.8. The van der Waals surface area contributed by atoms with Crippen molar-refractivity contribution in [2.45, 2.75) is 39.0 Å². The maximum Gasteiger partial charge on any atom is 0.180 e. The van der Waals surface area contributed by atoms with E-state index in [4.69, 9.17) is 24.7 Å². The standard InChI is InChI=1S/C19H38N2O5/c1-3-10-23-12-14-25-16-17-26-15-13-24-11-7-19(22)18(2)21-9-6-4-5-8-20/h21H,2-17,20H2,1H3. The lowest BCUT2D eigenvalue weighted by Crippen LogP contribution is -2.22. The lowest BCUT2D eigenvalue weighted by Gasteiger charge is -2.09. The van der Waals surface area contributed by atoms with E-state index in [2.05, 4.69) is 18.8 Å². The molecule has 7 heteroatoms. The summed E-state index contributed by atoms with van der Waals surface area (Å²) in [6, 6.07) is 0. The molecular weight excluding hydrogens is 336 g/mol. The second kappa shape index (κ2) is 20.3. The molecule has 0 heterocycles. The first-order valence-electron chi connectivity index (χ1n) is 9.69. The number of nitrogens with one attached hydrogen (secondary N) is 1. The van der Waals surface area contributed by atoms with Crippen molar-refractivity contribution in [1.82, 2.24) is 5.32 Å². The van der Waals surface area contributed by atoms with E-state index in [0.717, 1.165) is 38.8 Å². The molecule has 0 aromatic rings. The molecule has 0 aliphatic heterocycles. The molecule has 0 bridgehead atoms. The maximum atomic E-state index is 11.8. The number of allylic oxidation sites excluding steroid dienone is 1. The summed E-state index contributed by atoms with van der Waals surface area (Å²) in [5.74, 6) is -0.0107. The van der Waals surface area contributed by atoms with Crippen molar-refractivity contribution in [2.24, 2.45) is 5.73 Å². The van der Waals surface area contributed by atoms with Crippen LogP contribution in [-0.4, -0.2) is 71.7 Å². The minimum atomic E-state index is -0.0107. The van der Waals surface area contributed by atoms with Crippen molar-refractivity contribution in [3.8, 4) is 0 Å². The van der Waals surface area contributed by atoms with E-state index in [9.17, 15) is 4.79 Å². The lowest BCUT2D eigenvalue weighted by molar-refractivity contribution is -0.117. The average molecular weight is 375 g/mol. The summed E-state index contributed by atoms with van der Waals surface area (Å²) in [6.07, 6.45) is 4.42. The Bertz CT molecular complexity index is 340. The van der Waals surface area contributed by atoms with E-state index in [0.29, 0.717) is 64.9 Å². The van der Waals surface area contributed by atoms with Crippen molar-refractivity contribution in [3.63, 3.8) is 0 Å². The fraction of sp³-hybridized carbons (Fsp3) is 0.842. The largest absolute Gasteiger partial charge is 0.383 e. The summed E-state index contributed by atoms with van der Waals surface area (Å²) in [4.78, 5) is 11.8. The highest BCUT2D eigenvalue weighted by Crippen LogP contribution is 1.97. The van der Waals surface area contributed by atoms with Crippen LogP contribution in [0.25, 0.3) is 0 Å². The molecule has 0 aromatic carbocycles. The van der Waals surface area contributed by atoms with Crippen molar-refractivity contribution >= 4 is 5.78 Å². The molecular formula is C19H38N2O5. The molecule has 0 atom stereocenters. The summed E-state index contributed by atoms with van der Waals surface area (Å²) in [7, 11) is 0. The number of unbranched alkanes of at least 4 members (excludes halogenated alkanes) is 2. The first kappa shape index (κ1) is 25.0. The minimum Gasteiger partial charge on any atom is -0.383 e. The second-order valence-electron chi connectivity index (χ2n) is 5.88. The van der Waals surface area contributed by atoms with Crippen LogP contribution in [0.2, 0.25) is 0 Å². The van der Waals surface area contributed by atoms with E-state index in [1.54, 1.807) is 0 Å². The number of hydrogen-bond donors (Lipinski definition) is 2. The Morgan fingerprint density at radius 3 is 1.92 bits per heavy atom.